The molecular formula is C25H32BrN3O2. The summed E-state index contributed by atoms with van der Waals surface area (Å²) in [5, 5.41) is 0. The number of carbonyl (C=O) groups is 1. The van der Waals surface area contributed by atoms with Crippen LogP contribution in [-0.4, -0.2) is 61.6 Å². The van der Waals surface area contributed by atoms with Crippen LogP contribution >= 0.6 is 15.9 Å². The molecule has 6 heteroatoms. The van der Waals surface area contributed by atoms with Crippen molar-refractivity contribution >= 4 is 27.5 Å². The van der Waals surface area contributed by atoms with Gasteiger partial charge in [-0.15, -0.1) is 0 Å². The molecule has 31 heavy (non-hydrogen) atoms. The van der Waals surface area contributed by atoms with Gasteiger partial charge in [-0.25, -0.2) is 0 Å². The number of likely N-dealkylation sites (tertiary alicyclic amines) is 1. The number of piperazine rings is 1. The van der Waals surface area contributed by atoms with Crippen LogP contribution < -0.4 is 9.64 Å². The van der Waals surface area contributed by atoms with Crippen molar-refractivity contribution < 1.29 is 9.53 Å². The normalized spacial score (nSPS) is 18.3. The maximum Gasteiger partial charge on any atom is 0.225 e. The van der Waals surface area contributed by atoms with Crippen LogP contribution in [0.2, 0.25) is 0 Å². The molecule has 0 unspecified atom stereocenters. The van der Waals surface area contributed by atoms with Gasteiger partial charge < -0.3 is 14.5 Å². The van der Waals surface area contributed by atoms with E-state index in [0.717, 1.165) is 74.6 Å². The zero-order chi connectivity index (χ0) is 21.6. The molecule has 0 radical (unpaired) electrons. The first kappa shape index (κ1) is 22.2. The lowest BCUT2D eigenvalue weighted by Gasteiger charge is -2.39. The number of carbonyl (C=O) groups excluding carboxylic acids is 1. The average molecular weight is 486 g/mol. The van der Waals surface area contributed by atoms with Gasteiger partial charge in [0.25, 0.3) is 0 Å². The lowest BCUT2D eigenvalue weighted by atomic mass is 9.94. The Kier molecular flexibility index (Phi) is 7.51. The predicted octanol–water partition coefficient (Wildman–Crippen LogP) is 4.41. The van der Waals surface area contributed by atoms with Crippen molar-refractivity contribution in [2.24, 2.45) is 5.92 Å². The lowest BCUT2D eigenvalue weighted by Crippen LogP contribution is -2.51. The molecule has 2 fully saturated rings. The number of piperidine rings is 1. The highest BCUT2D eigenvalue weighted by atomic mass is 79.9. The molecule has 0 atom stereocenters. The summed E-state index contributed by atoms with van der Waals surface area (Å²) in [6.45, 7) is 8.93. The van der Waals surface area contributed by atoms with E-state index in [9.17, 15) is 4.79 Å². The molecule has 166 valence electrons. The number of nitrogens with zero attached hydrogens (tertiary/aromatic N) is 3. The number of benzene rings is 2. The van der Waals surface area contributed by atoms with Crippen molar-refractivity contribution in [3.63, 3.8) is 0 Å². The topological polar surface area (TPSA) is 36.0 Å². The molecule has 2 heterocycles. The van der Waals surface area contributed by atoms with Crippen LogP contribution in [0.25, 0.3) is 0 Å². The molecule has 2 aromatic rings. The van der Waals surface area contributed by atoms with Crippen molar-refractivity contribution in [3.8, 4) is 5.75 Å². The third-order valence-corrected chi connectivity index (χ3v) is 6.88. The monoisotopic (exact) mass is 485 g/mol. The van der Waals surface area contributed by atoms with E-state index in [0.29, 0.717) is 12.5 Å². The van der Waals surface area contributed by atoms with E-state index in [2.05, 4.69) is 67.0 Å². The van der Waals surface area contributed by atoms with Crippen LogP contribution in [0.5, 0.6) is 5.75 Å². The summed E-state index contributed by atoms with van der Waals surface area (Å²) in [7, 11) is 0. The van der Waals surface area contributed by atoms with Gasteiger partial charge in [-0.2, -0.15) is 0 Å². The Hall–Kier alpha value is -2.05. The quantitative estimate of drug-likeness (QED) is 0.606. The minimum absolute atomic E-state index is 0.170. The van der Waals surface area contributed by atoms with Crippen LogP contribution in [0.1, 0.15) is 25.3 Å². The second-order valence-corrected chi connectivity index (χ2v) is 9.31. The van der Waals surface area contributed by atoms with Gasteiger partial charge in [0, 0.05) is 43.1 Å². The summed E-state index contributed by atoms with van der Waals surface area (Å²) in [5.74, 6) is 1.45. The fraction of sp³-hybridized carbons (Fsp3) is 0.480. The molecule has 0 aromatic heterocycles. The third-order valence-electron chi connectivity index (χ3n) is 6.35. The molecule has 2 aliphatic heterocycles. The van der Waals surface area contributed by atoms with Gasteiger partial charge >= 0.3 is 0 Å². The number of hydrogen-bond acceptors (Lipinski definition) is 4. The second kappa shape index (κ2) is 10.5. The van der Waals surface area contributed by atoms with Gasteiger partial charge in [-0.1, -0.05) is 40.2 Å². The van der Waals surface area contributed by atoms with Crippen LogP contribution in [-0.2, 0) is 11.3 Å². The van der Waals surface area contributed by atoms with Gasteiger partial charge in [0.1, 0.15) is 5.75 Å². The van der Waals surface area contributed by atoms with Crippen LogP contribution in [0.15, 0.2) is 53.0 Å². The zero-order valence-corrected chi connectivity index (χ0v) is 19.9. The molecule has 1 amide bonds. The SMILES string of the molecule is CCOc1ccccc1N1CCN(C(=O)C2CCN(Cc3ccc(Br)cc3)CC2)CC1. The molecule has 2 saturated heterocycles. The molecule has 0 N–H and O–H groups in total. The van der Waals surface area contributed by atoms with E-state index in [1.807, 2.05) is 19.1 Å². The molecule has 2 aliphatic rings. The zero-order valence-electron chi connectivity index (χ0n) is 18.3. The number of halogens is 1. The average Bonchev–Trinajstić information content (AvgIpc) is 2.81. The van der Waals surface area contributed by atoms with E-state index in [4.69, 9.17) is 4.74 Å². The van der Waals surface area contributed by atoms with E-state index >= 15 is 0 Å². The molecular weight excluding hydrogens is 454 g/mol. The molecule has 0 spiro atoms. The largest absolute Gasteiger partial charge is 0.492 e. The van der Waals surface area contributed by atoms with Gasteiger partial charge in [-0.05, 0) is 62.7 Å². The molecule has 5 nitrogen and oxygen atoms in total. The summed E-state index contributed by atoms with van der Waals surface area (Å²) in [6.07, 6.45) is 1.92. The number of para-hydroxylation sites is 2. The Labute approximate surface area is 194 Å². The Morgan fingerprint density at radius 2 is 1.65 bits per heavy atom. The van der Waals surface area contributed by atoms with Crippen molar-refractivity contribution in [2.45, 2.75) is 26.3 Å². The fourth-order valence-electron chi connectivity index (χ4n) is 4.61. The first-order chi connectivity index (χ1) is 15.1. The van der Waals surface area contributed by atoms with Crippen LogP contribution in [0.4, 0.5) is 5.69 Å². The highest BCUT2D eigenvalue weighted by molar-refractivity contribution is 9.10. The Morgan fingerprint density at radius 1 is 0.968 bits per heavy atom. The third kappa shape index (κ3) is 5.60. The van der Waals surface area contributed by atoms with Crippen molar-refractivity contribution in [1.82, 2.24) is 9.80 Å². The number of anilines is 1. The minimum Gasteiger partial charge on any atom is -0.492 e. The van der Waals surface area contributed by atoms with Crippen molar-refractivity contribution in [1.29, 1.82) is 0 Å². The van der Waals surface area contributed by atoms with Crippen LogP contribution in [0.3, 0.4) is 0 Å². The molecule has 0 aliphatic carbocycles. The summed E-state index contributed by atoms with van der Waals surface area (Å²) >= 11 is 3.49. The molecule has 0 bridgehead atoms. The van der Waals surface area contributed by atoms with Gasteiger partial charge in [0.15, 0.2) is 0 Å². The Balaban J connectivity index is 1.25. The second-order valence-electron chi connectivity index (χ2n) is 8.39. The summed E-state index contributed by atoms with van der Waals surface area (Å²) < 4.78 is 6.90. The highest BCUT2D eigenvalue weighted by Gasteiger charge is 2.30. The fourth-order valence-corrected chi connectivity index (χ4v) is 4.87. The standard InChI is InChI=1S/C25H32BrN3O2/c1-2-31-24-6-4-3-5-23(24)28-15-17-29(18-16-28)25(30)21-11-13-27(14-12-21)19-20-7-9-22(26)10-8-20/h3-10,21H,2,11-19H2,1H3. The van der Waals surface area contributed by atoms with E-state index < -0.39 is 0 Å². The minimum atomic E-state index is 0.170. The first-order valence-electron chi connectivity index (χ1n) is 11.4. The van der Waals surface area contributed by atoms with Gasteiger partial charge in [0.05, 0.1) is 12.3 Å². The van der Waals surface area contributed by atoms with Crippen LogP contribution in [0, 0.1) is 5.92 Å². The number of amides is 1. The Bertz CT molecular complexity index is 857. The molecule has 4 rings (SSSR count). The lowest BCUT2D eigenvalue weighted by molar-refractivity contribution is -0.137. The maximum atomic E-state index is 13.1. The summed E-state index contributed by atoms with van der Waals surface area (Å²) in [4.78, 5) is 20.0. The van der Waals surface area contributed by atoms with E-state index in [1.165, 1.54) is 5.56 Å². The van der Waals surface area contributed by atoms with Gasteiger partial charge in [0.2, 0.25) is 5.91 Å². The van der Waals surface area contributed by atoms with Gasteiger partial charge in [-0.3, -0.25) is 9.69 Å². The smallest absolute Gasteiger partial charge is 0.225 e. The summed E-state index contributed by atoms with van der Waals surface area (Å²) in [5.41, 5.74) is 2.47. The van der Waals surface area contributed by atoms with E-state index in [-0.39, 0.29) is 5.92 Å². The van der Waals surface area contributed by atoms with E-state index in [1.54, 1.807) is 0 Å². The molecule has 0 saturated carbocycles. The highest BCUT2D eigenvalue weighted by Crippen LogP contribution is 2.29. The van der Waals surface area contributed by atoms with Crippen molar-refractivity contribution in [2.75, 3.05) is 50.8 Å². The predicted molar refractivity (Wildman–Crippen MR) is 129 cm³/mol. The number of ether oxygens (including phenoxy) is 1. The molecule has 2 aromatic carbocycles. The number of hydrogen-bond donors (Lipinski definition) is 0. The maximum absolute atomic E-state index is 13.1. The van der Waals surface area contributed by atoms with Crippen molar-refractivity contribution in [3.05, 3.63) is 58.6 Å². The summed E-state index contributed by atoms with van der Waals surface area (Å²) in [6, 6.07) is 16.7. The Morgan fingerprint density at radius 3 is 2.32 bits per heavy atom. The first-order valence-corrected chi connectivity index (χ1v) is 12.2. The number of rotatable bonds is 6.